The molecule has 2 N–H and O–H groups in total. The van der Waals surface area contributed by atoms with Gasteiger partial charge in [0.2, 0.25) is 5.88 Å². The van der Waals surface area contributed by atoms with Crippen LogP contribution in [0, 0.1) is 0 Å². The number of hydrogen-bond donors (Lipinski definition) is 1. The van der Waals surface area contributed by atoms with Crippen LogP contribution in [-0.4, -0.2) is 4.98 Å². The Morgan fingerprint density at radius 1 is 1.10 bits per heavy atom. The number of aromatic nitrogens is 1. The molecule has 0 aliphatic heterocycles. The van der Waals surface area contributed by atoms with Crippen molar-refractivity contribution in [1.82, 2.24) is 4.98 Å². The van der Waals surface area contributed by atoms with E-state index in [2.05, 4.69) is 20.9 Å². The molecule has 0 amide bonds. The number of ether oxygens (including phenoxy) is 1. The minimum Gasteiger partial charge on any atom is -0.436 e. The summed E-state index contributed by atoms with van der Waals surface area (Å²) in [5, 5.41) is 2.52. The van der Waals surface area contributed by atoms with Gasteiger partial charge in [0, 0.05) is 26.5 Å². The highest BCUT2D eigenvalue weighted by atomic mass is 79.9. The summed E-state index contributed by atoms with van der Waals surface area (Å²) in [6.07, 6.45) is 1.70. The molecular weight excluding hydrogens is 340 g/mol. The molecule has 2 aromatic carbocycles. The van der Waals surface area contributed by atoms with Gasteiger partial charge < -0.3 is 10.5 Å². The average Bonchev–Trinajstić information content (AvgIpc) is 2.43. The van der Waals surface area contributed by atoms with E-state index in [1.165, 1.54) is 0 Å². The predicted octanol–water partition coefficient (Wildman–Crippen LogP) is 5.03. The summed E-state index contributed by atoms with van der Waals surface area (Å²) in [7, 11) is 0. The summed E-state index contributed by atoms with van der Waals surface area (Å²) in [5.74, 6) is 1.05. The topological polar surface area (TPSA) is 48.1 Å². The quantitative estimate of drug-likeness (QED) is 0.660. The molecule has 0 fully saturated rings. The molecule has 0 bridgehead atoms. The first-order valence-corrected chi connectivity index (χ1v) is 7.08. The van der Waals surface area contributed by atoms with Crippen LogP contribution in [0.15, 0.2) is 53.1 Å². The monoisotopic (exact) mass is 348 g/mol. The molecular formula is C15H10BrClN2O. The van der Waals surface area contributed by atoms with Crippen LogP contribution in [-0.2, 0) is 0 Å². The number of nitrogen functional groups attached to an aromatic ring is 1. The maximum Gasteiger partial charge on any atom is 0.227 e. The smallest absolute Gasteiger partial charge is 0.227 e. The molecule has 0 unspecified atom stereocenters. The summed E-state index contributed by atoms with van der Waals surface area (Å²) in [4.78, 5) is 4.28. The lowest BCUT2D eigenvalue weighted by Gasteiger charge is -2.10. The molecule has 5 heteroatoms. The number of nitrogens with two attached hydrogens (primary N) is 1. The molecule has 0 atom stereocenters. The van der Waals surface area contributed by atoms with Gasteiger partial charge in [-0.25, -0.2) is 4.98 Å². The lowest BCUT2D eigenvalue weighted by Crippen LogP contribution is -1.94. The molecule has 0 aliphatic carbocycles. The van der Waals surface area contributed by atoms with Crippen molar-refractivity contribution in [2.45, 2.75) is 0 Å². The zero-order chi connectivity index (χ0) is 14.1. The van der Waals surface area contributed by atoms with Crippen LogP contribution in [0.5, 0.6) is 11.6 Å². The van der Waals surface area contributed by atoms with Gasteiger partial charge in [0.1, 0.15) is 0 Å². The fourth-order valence-corrected chi connectivity index (χ4v) is 2.62. The van der Waals surface area contributed by atoms with E-state index in [0.29, 0.717) is 22.3 Å². The van der Waals surface area contributed by atoms with Crippen molar-refractivity contribution >= 4 is 44.0 Å². The van der Waals surface area contributed by atoms with Crippen LogP contribution < -0.4 is 10.5 Å². The van der Waals surface area contributed by atoms with Crippen molar-refractivity contribution in [2.75, 3.05) is 5.73 Å². The van der Waals surface area contributed by atoms with E-state index in [1.54, 1.807) is 24.4 Å². The molecule has 0 saturated heterocycles. The van der Waals surface area contributed by atoms with E-state index < -0.39 is 0 Å². The number of halogens is 2. The van der Waals surface area contributed by atoms with Gasteiger partial charge in [-0.05, 0) is 36.4 Å². The number of anilines is 1. The summed E-state index contributed by atoms with van der Waals surface area (Å²) < 4.78 is 6.81. The van der Waals surface area contributed by atoms with Gasteiger partial charge >= 0.3 is 0 Å². The fourth-order valence-electron chi connectivity index (χ4n) is 1.94. The van der Waals surface area contributed by atoms with Crippen molar-refractivity contribution in [3.8, 4) is 11.6 Å². The molecule has 1 heterocycles. The zero-order valence-corrected chi connectivity index (χ0v) is 12.6. The summed E-state index contributed by atoms with van der Waals surface area (Å²) >= 11 is 9.39. The second kappa shape index (κ2) is 5.31. The Labute approximate surface area is 129 Å². The minimum absolute atomic E-state index is 0.478. The van der Waals surface area contributed by atoms with E-state index in [4.69, 9.17) is 22.1 Å². The van der Waals surface area contributed by atoms with Crippen LogP contribution in [0.1, 0.15) is 0 Å². The molecule has 100 valence electrons. The second-order valence-corrected chi connectivity index (χ2v) is 5.53. The molecule has 3 rings (SSSR count). The van der Waals surface area contributed by atoms with Gasteiger partial charge in [0.25, 0.3) is 0 Å². The van der Waals surface area contributed by atoms with Crippen LogP contribution in [0.4, 0.5) is 5.69 Å². The van der Waals surface area contributed by atoms with E-state index >= 15 is 0 Å². The number of fused-ring (bicyclic) bond motifs is 1. The fraction of sp³-hybridized carbons (Fsp3) is 0. The standard InChI is InChI=1S/C15H10BrClN2O/c16-12-3-1-2-11-10(12)6-7-19-15(11)20-14-5-4-9(17)8-13(14)18/h1-8H,18H2. The van der Waals surface area contributed by atoms with Gasteiger partial charge in [-0.2, -0.15) is 0 Å². The highest BCUT2D eigenvalue weighted by Gasteiger charge is 2.09. The Morgan fingerprint density at radius 3 is 2.75 bits per heavy atom. The number of hydrogen-bond acceptors (Lipinski definition) is 3. The molecule has 0 radical (unpaired) electrons. The predicted molar refractivity (Wildman–Crippen MR) is 85.4 cm³/mol. The third-order valence-corrected chi connectivity index (χ3v) is 3.82. The molecule has 3 aromatic rings. The van der Waals surface area contributed by atoms with Gasteiger partial charge in [-0.1, -0.05) is 33.6 Å². The second-order valence-electron chi connectivity index (χ2n) is 4.24. The van der Waals surface area contributed by atoms with E-state index in [-0.39, 0.29) is 0 Å². The third kappa shape index (κ3) is 2.44. The normalized spacial score (nSPS) is 10.7. The van der Waals surface area contributed by atoms with Crippen molar-refractivity contribution in [3.05, 3.63) is 58.2 Å². The summed E-state index contributed by atoms with van der Waals surface area (Å²) in [5.41, 5.74) is 6.37. The number of rotatable bonds is 2. The summed E-state index contributed by atoms with van der Waals surface area (Å²) in [6, 6.07) is 12.9. The van der Waals surface area contributed by atoms with Crippen LogP contribution >= 0.6 is 27.5 Å². The molecule has 0 aliphatic rings. The maximum atomic E-state index is 5.90. The molecule has 0 spiro atoms. The maximum absolute atomic E-state index is 5.90. The van der Waals surface area contributed by atoms with E-state index in [1.807, 2.05) is 24.3 Å². The van der Waals surface area contributed by atoms with Gasteiger partial charge in [0.15, 0.2) is 5.75 Å². The van der Waals surface area contributed by atoms with Crippen molar-refractivity contribution < 1.29 is 4.74 Å². The largest absolute Gasteiger partial charge is 0.436 e. The van der Waals surface area contributed by atoms with Crippen molar-refractivity contribution in [1.29, 1.82) is 0 Å². The molecule has 1 aromatic heterocycles. The Morgan fingerprint density at radius 2 is 1.95 bits per heavy atom. The number of nitrogens with zero attached hydrogens (tertiary/aromatic N) is 1. The van der Waals surface area contributed by atoms with Crippen LogP contribution in [0.25, 0.3) is 10.8 Å². The Hall–Kier alpha value is -1.78. The Bertz CT molecular complexity index is 792. The van der Waals surface area contributed by atoms with E-state index in [9.17, 15) is 0 Å². The molecule has 20 heavy (non-hydrogen) atoms. The van der Waals surface area contributed by atoms with Gasteiger partial charge in [-0.15, -0.1) is 0 Å². The van der Waals surface area contributed by atoms with Crippen LogP contribution in [0.2, 0.25) is 5.02 Å². The van der Waals surface area contributed by atoms with E-state index in [0.717, 1.165) is 15.2 Å². The van der Waals surface area contributed by atoms with Crippen molar-refractivity contribution in [3.63, 3.8) is 0 Å². The SMILES string of the molecule is Nc1cc(Cl)ccc1Oc1nccc2c(Br)cccc12. The first-order valence-electron chi connectivity index (χ1n) is 5.91. The lowest BCUT2D eigenvalue weighted by molar-refractivity contribution is 0.471. The highest BCUT2D eigenvalue weighted by molar-refractivity contribution is 9.10. The highest BCUT2D eigenvalue weighted by Crippen LogP contribution is 2.34. The minimum atomic E-state index is 0.478. The number of benzene rings is 2. The first kappa shape index (κ1) is 13.2. The third-order valence-electron chi connectivity index (χ3n) is 2.89. The molecule has 0 saturated carbocycles. The first-order chi connectivity index (χ1) is 9.65. The Kier molecular flexibility index (Phi) is 3.51. The summed E-state index contributed by atoms with van der Waals surface area (Å²) in [6.45, 7) is 0. The van der Waals surface area contributed by atoms with Gasteiger partial charge in [-0.3, -0.25) is 0 Å². The van der Waals surface area contributed by atoms with Crippen molar-refractivity contribution in [2.24, 2.45) is 0 Å². The number of pyridine rings is 1. The van der Waals surface area contributed by atoms with Gasteiger partial charge in [0.05, 0.1) is 5.69 Å². The average molecular weight is 350 g/mol. The van der Waals surface area contributed by atoms with Crippen LogP contribution in [0.3, 0.4) is 0 Å². The Balaban J connectivity index is 2.09. The molecule has 3 nitrogen and oxygen atoms in total. The zero-order valence-electron chi connectivity index (χ0n) is 10.3. The lowest BCUT2D eigenvalue weighted by atomic mass is 10.2.